The molecule has 0 aliphatic carbocycles. The fourth-order valence-electron chi connectivity index (χ4n) is 1.10. The summed E-state index contributed by atoms with van der Waals surface area (Å²) in [6.07, 6.45) is 5.07. The number of terminal acetylenes is 1. The molecule has 0 unspecified atom stereocenters. The molecule has 0 saturated carbocycles. The Balaban J connectivity index is 2.70. The van der Waals surface area contributed by atoms with E-state index >= 15 is 0 Å². The second-order valence-corrected chi connectivity index (χ2v) is 7.06. The Morgan fingerprint density at radius 3 is 3.05 bits per heavy atom. The Morgan fingerprint density at radius 2 is 2.42 bits per heavy atom. The van der Waals surface area contributed by atoms with Gasteiger partial charge in [-0.3, -0.25) is 0 Å². The van der Waals surface area contributed by atoms with E-state index in [0.29, 0.717) is 11.5 Å². The molecule has 6 nitrogen and oxygen atoms in total. The monoisotopic (exact) mass is 320 g/mol. The lowest BCUT2D eigenvalue weighted by molar-refractivity contribution is 0.0590. The van der Waals surface area contributed by atoms with E-state index in [9.17, 15) is 13.2 Å². The summed E-state index contributed by atoms with van der Waals surface area (Å²) in [4.78, 5) is 15.1. The largest absolute Gasteiger partial charge is 0.464 e. The van der Waals surface area contributed by atoms with Crippen molar-refractivity contribution in [2.45, 2.75) is 4.21 Å². The number of aromatic nitrogens is 1. The van der Waals surface area contributed by atoms with E-state index in [1.807, 2.05) is 0 Å². The highest BCUT2D eigenvalue weighted by atomic mass is 32.2. The van der Waals surface area contributed by atoms with Gasteiger partial charge >= 0.3 is 5.97 Å². The summed E-state index contributed by atoms with van der Waals surface area (Å²) in [5.41, 5.74) is 1.09. The third-order valence-corrected chi connectivity index (χ3v) is 5.58. The van der Waals surface area contributed by atoms with Crippen molar-refractivity contribution in [3.63, 3.8) is 0 Å². The summed E-state index contributed by atoms with van der Waals surface area (Å²) in [5.74, 6) is 2.74. The molecule has 0 radical (unpaired) electrons. The summed E-state index contributed by atoms with van der Waals surface area (Å²) in [6, 6.07) is 0. The zero-order chi connectivity index (χ0) is 14.3. The van der Waals surface area contributed by atoms with Gasteiger partial charge in [0.15, 0.2) is 9.90 Å². The molecule has 0 spiro atoms. The van der Waals surface area contributed by atoms with Gasteiger partial charge in [0.1, 0.15) is 0 Å². The van der Waals surface area contributed by atoms with Crippen molar-refractivity contribution in [1.29, 1.82) is 0 Å². The lowest BCUT2D eigenvalue weighted by Crippen LogP contribution is -2.27. The second kappa shape index (κ2) is 7.49. The highest BCUT2D eigenvalue weighted by Gasteiger charge is 2.25. The predicted molar refractivity (Wildman–Crippen MR) is 74.8 cm³/mol. The maximum Gasteiger partial charge on any atom is 0.358 e. The molecule has 1 rings (SSSR count). The molecule has 0 fully saturated rings. The molecule has 104 valence electrons. The number of nitrogens with zero attached hydrogens (tertiary/aromatic N) is 1. The molecule has 1 aromatic rings. The van der Waals surface area contributed by atoms with Gasteiger partial charge in [0.05, 0.1) is 18.4 Å². The molecule has 1 aromatic heterocycles. The van der Waals surface area contributed by atoms with Crippen LogP contribution in [0.1, 0.15) is 10.5 Å². The molecule has 1 N–H and O–H groups in total. The Morgan fingerprint density at radius 1 is 1.68 bits per heavy atom. The molecule has 0 atom stereocenters. The number of carbonyl (C=O) groups is 1. The van der Waals surface area contributed by atoms with Crippen LogP contribution < -0.4 is 4.72 Å². The fraction of sp³-hybridized carbons (Fsp3) is 0.400. The van der Waals surface area contributed by atoms with Crippen LogP contribution in [0.15, 0.2) is 9.72 Å². The van der Waals surface area contributed by atoms with Gasteiger partial charge < -0.3 is 4.74 Å². The van der Waals surface area contributed by atoms with Gasteiger partial charge in [0, 0.05) is 12.3 Å². The van der Waals surface area contributed by atoms with Crippen LogP contribution in [0.2, 0.25) is 0 Å². The number of thioether (sulfide) groups is 1. The zero-order valence-electron chi connectivity index (χ0n) is 10.1. The van der Waals surface area contributed by atoms with E-state index < -0.39 is 16.0 Å². The maximum atomic E-state index is 12.0. The summed E-state index contributed by atoms with van der Waals surface area (Å²) in [7, 11) is -2.58. The third-order valence-electron chi connectivity index (χ3n) is 1.88. The Labute approximate surface area is 120 Å². The van der Waals surface area contributed by atoms with Crippen LogP contribution in [0, 0.1) is 12.3 Å². The van der Waals surface area contributed by atoms with E-state index in [1.54, 1.807) is 0 Å². The average Bonchev–Trinajstić information content (AvgIpc) is 2.87. The number of hydrogen-bond acceptors (Lipinski definition) is 7. The lowest BCUT2D eigenvalue weighted by Gasteiger charge is -2.05. The number of rotatable bonds is 7. The Hall–Kier alpha value is -1.08. The summed E-state index contributed by atoms with van der Waals surface area (Å²) >= 11 is 2.31. The van der Waals surface area contributed by atoms with E-state index in [2.05, 4.69) is 20.4 Å². The van der Waals surface area contributed by atoms with E-state index in [1.165, 1.54) is 24.4 Å². The minimum Gasteiger partial charge on any atom is -0.464 e. The van der Waals surface area contributed by atoms with Gasteiger partial charge in [0.25, 0.3) is 10.0 Å². The smallest absolute Gasteiger partial charge is 0.358 e. The molecule has 0 aliphatic heterocycles. The normalized spacial score (nSPS) is 10.9. The van der Waals surface area contributed by atoms with Gasteiger partial charge in [-0.05, 0) is 0 Å². The first-order chi connectivity index (χ1) is 9.03. The number of carbonyl (C=O) groups excluding carboxylic acids is 1. The van der Waals surface area contributed by atoms with Gasteiger partial charge in [-0.15, -0.1) is 29.5 Å². The van der Waals surface area contributed by atoms with Crippen LogP contribution in [0.4, 0.5) is 0 Å². The van der Waals surface area contributed by atoms with Crippen LogP contribution >= 0.6 is 23.1 Å². The number of thiazole rings is 1. The molecule has 0 aromatic carbocycles. The van der Waals surface area contributed by atoms with Crippen molar-refractivity contribution < 1.29 is 17.9 Å². The standard InChI is InChI=1S/C10H12N2O4S3/c1-3-5-17-6-4-12-19(14,15)10-8(9(13)16-2)11-7-18-10/h1,7,12H,4-6H2,2H3. The molecule has 0 saturated heterocycles. The second-order valence-electron chi connectivity index (χ2n) is 3.13. The Kier molecular flexibility index (Phi) is 6.30. The van der Waals surface area contributed by atoms with Gasteiger partial charge in [-0.2, -0.15) is 0 Å². The lowest BCUT2D eigenvalue weighted by atomic mass is 10.5. The number of nitrogens with one attached hydrogen (secondary N) is 1. The third kappa shape index (κ3) is 4.50. The average molecular weight is 320 g/mol. The molecule has 0 aliphatic rings. The SMILES string of the molecule is C#CCSCCNS(=O)(=O)c1scnc1C(=O)OC. The fourth-order valence-corrected chi connectivity index (χ4v) is 3.95. The van der Waals surface area contributed by atoms with E-state index in [-0.39, 0.29) is 16.4 Å². The first-order valence-electron chi connectivity index (χ1n) is 5.05. The number of methoxy groups -OCH3 is 1. The van der Waals surface area contributed by atoms with Crippen LogP contribution in [0.3, 0.4) is 0 Å². The van der Waals surface area contributed by atoms with Crippen molar-refractivity contribution in [2.24, 2.45) is 0 Å². The minimum atomic E-state index is -3.75. The van der Waals surface area contributed by atoms with Gasteiger partial charge in [0.2, 0.25) is 0 Å². The van der Waals surface area contributed by atoms with Crippen molar-refractivity contribution in [1.82, 2.24) is 9.71 Å². The zero-order valence-corrected chi connectivity index (χ0v) is 12.5. The summed E-state index contributed by atoms with van der Waals surface area (Å²) in [5, 5.41) is 0. The number of esters is 1. The topological polar surface area (TPSA) is 85.4 Å². The van der Waals surface area contributed by atoms with Crippen LogP contribution in [-0.2, 0) is 14.8 Å². The van der Waals surface area contributed by atoms with Crippen LogP contribution in [-0.4, -0.2) is 44.5 Å². The number of hydrogen-bond donors (Lipinski definition) is 1. The highest BCUT2D eigenvalue weighted by molar-refractivity contribution is 7.99. The predicted octanol–water partition coefficient (Wildman–Crippen LogP) is 0.574. The van der Waals surface area contributed by atoms with Crippen molar-refractivity contribution >= 4 is 39.1 Å². The molecular formula is C10H12N2O4S3. The van der Waals surface area contributed by atoms with Crippen molar-refractivity contribution in [3.8, 4) is 12.3 Å². The van der Waals surface area contributed by atoms with Crippen LogP contribution in [0.25, 0.3) is 0 Å². The maximum absolute atomic E-state index is 12.0. The molecule has 1 heterocycles. The van der Waals surface area contributed by atoms with Gasteiger partial charge in [-0.25, -0.2) is 22.9 Å². The molecule has 9 heteroatoms. The van der Waals surface area contributed by atoms with Crippen molar-refractivity contribution in [3.05, 3.63) is 11.2 Å². The van der Waals surface area contributed by atoms with Crippen molar-refractivity contribution in [2.75, 3.05) is 25.2 Å². The quantitative estimate of drug-likeness (QED) is 0.449. The number of ether oxygens (including phenoxy) is 1. The first-order valence-corrected chi connectivity index (χ1v) is 8.57. The molecule has 19 heavy (non-hydrogen) atoms. The summed E-state index contributed by atoms with van der Waals surface area (Å²) in [6.45, 7) is 0.229. The summed E-state index contributed by atoms with van der Waals surface area (Å²) < 4.78 is 30.7. The van der Waals surface area contributed by atoms with E-state index in [0.717, 1.165) is 11.3 Å². The van der Waals surface area contributed by atoms with Gasteiger partial charge in [-0.1, -0.05) is 5.92 Å². The van der Waals surface area contributed by atoms with E-state index in [4.69, 9.17) is 6.42 Å². The molecule has 0 bridgehead atoms. The number of sulfonamides is 1. The molecule has 0 amide bonds. The Bertz CT molecular complexity index is 574. The highest BCUT2D eigenvalue weighted by Crippen LogP contribution is 2.20. The molecular weight excluding hydrogens is 308 g/mol. The van der Waals surface area contributed by atoms with Crippen LogP contribution in [0.5, 0.6) is 0 Å². The minimum absolute atomic E-state index is 0.138. The first kappa shape index (κ1) is 16.0.